The topological polar surface area (TPSA) is 43.4 Å². The van der Waals surface area contributed by atoms with Gasteiger partial charge in [-0.05, 0) is 43.8 Å². The number of nitrogens with zero attached hydrogens (tertiary/aromatic N) is 1. The first kappa shape index (κ1) is 14.3. The molecule has 4 nitrogen and oxygen atoms in total. The maximum Gasteiger partial charge on any atom is 0.161 e. The standard InChI is InChI=1S/C16H20N2O2/c1-12(17-2)13-7-8-15(16(10-13)19-3)20-11-14-6-4-5-9-18-14/h4-10,12,17H,11H2,1-3H3. The molecule has 0 spiro atoms. The molecule has 1 heterocycles. The van der Waals surface area contributed by atoms with Crippen LogP contribution in [-0.4, -0.2) is 19.1 Å². The van der Waals surface area contributed by atoms with Gasteiger partial charge in [0.15, 0.2) is 11.5 Å². The van der Waals surface area contributed by atoms with Gasteiger partial charge in [0.1, 0.15) is 6.61 Å². The fourth-order valence-electron chi connectivity index (χ4n) is 1.87. The zero-order chi connectivity index (χ0) is 14.4. The van der Waals surface area contributed by atoms with Crippen molar-refractivity contribution >= 4 is 0 Å². The number of methoxy groups -OCH3 is 1. The molecule has 2 aromatic rings. The lowest BCUT2D eigenvalue weighted by atomic mass is 10.1. The summed E-state index contributed by atoms with van der Waals surface area (Å²) in [5, 5.41) is 3.20. The quantitative estimate of drug-likeness (QED) is 0.878. The van der Waals surface area contributed by atoms with Crippen LogP contribution in [0.3, 0.4) is 0 Å². The summed E-state index contributed by atoms with van der Waals surface area (Å²) in [4.78, 5) is 4.23. The van der Waals surface area contributed by atoms with E-state index in [2.05, 4.69) is 17.2 Å². The van der Waals surface area contributed by atoms with Crippen LogP contribution in [0.5, 0.6) is 11.5 Å². The molecule has 0 aliphatic rings. The molecular weight excluding hydrogens is 252 g/mol. The van der Waals surface area contributed by atoms with E-state index in [4.69, 9.17) is 9.47 Å². The molecule has 0 aliphatic carbocycles. The number of aromatic nitrogens is 1. The summed E-state index contributed by atoms with van der Waals surface area (Å²) in [6.45, 7) is 2.53. The number of rotatable bonds is 6. The molecule has 1 aromatic carbocycles. The molecule has 0 aliphatic heterocycles. The smallest absolute Gasteiger partial charge is 0.161 e. The predicted molar refractivity (Wildman–Crippen MR) is 79.0 cm³/mol. The van der Waals surface area contributed by atoms with Crippen LogP contribution < -0.4 is 14.8 Å². The van der Waals surface area contributed by atoms with Gasteiger partial charge in [-0.25, -0.2) is 0 Å². The van der Waals surface area contributed by atoms with E-state index in [0.717, 1.165) is 22.8 Å². The Balaban J connectivity index is 2.11. The Morgan fingerprint density at radius 2 is 2.05 bits per heavy atom. The van der Waals surface area contributed by atoms with Gasteiger partial charge in [-0.15, -0.1) is 0 Å². The third-order valence-corrected chi connectivity index (χ3v) is 3.22. The van der Waals surface area contributed by atoms with Crippen LogP contribution in [-0.2, 0) is 6.61 Å². The van der Waals surface area contributed by atoms with E-state index < -0.39 is 0 Å². The molecule has 2 rings (SSSR count). The van der Waals surface area contributed by atoms with E-state index in [0.29, 0.717) is 6.61 Å². The zero-order valence-electron chi connectivity index (χ0n) is 12.1. The van der Waals surface area contributed by atoms with E-state index in [1.54, 1.807) is 13.3 Å². The molecule has 1 atom stereocenters. The van der Waals surface area contributed by atoms with Crippen molar-refractivity contribution in [2.45, 2.75) is 19.6 Å². The van der Waals surface area contributed by atoms with Gasteiger partial charge in [0.25, 0.3) is 0 Å². The first-order valence-electron chi connectivity index (χ1n) is 6.62. The molecule has 106 valence electrons. The molecule has 0 saturated heterocycles. The van der Waals surface area contributed by atoms with Crippen LogP contribution in [0.2, 0.25) is 0 Å². The van der Waals surface area contributed by atoms with Crippen molar-refractivity contribution in [1.82, 2.24) is 10.3 Å². The summed E-state index contributed by atoms with van der Waals surface area (Å²) in [6.07, 6.45) is 1.76. The van der Waals surface area contributed by atoms with Gasteiger partial charge in [-0.2, -0.15) is 0 Å². The number of benzene rings is 1. The van der Waals surface area contributed by atoms with Gasteiger partial charge < -0.3 is 14.8 Å². The molecule has 1 unspecified atom stereocenters. The predicted octanol–water partition coefficient (Wildman–Crippen LogP) is 2.95. The summed E-state index contributed by atoms with van der Waals surface area (Å²) in [5.41, 5.74) is 2.05. The highest BCUT2D eigenvalue weighted by molar-refractivity contribution is 5.43. The molecular formula is C16H20N2O2. The van der Waals surface area contributed by atoms with Crippen molar-refractivity contribution < 1.29 is 9.47 Å². The second-order valence-electron chi connectivity index (χ2n) is 4.53. The van der Waals surface area contributed by atoms with Crippen molar-refractivity contribution in [3.05, 3.63) is 53.9 Å². The van der Waals surface area contributed by atoms with Crippen molar-refractivity contribution in [3.63, 3.8) is 0 Å². The highest BCUT2D eigenvalue weighted by Gasteiger charge is 2.09. The van der Waals surface area contributed by atoms with Gasteiger partial charge in [0.2, 0.25) is 0 Å². The van der Waals surface area contributed by atoms with Crippen LogP contribution in [0.15, 0.2) is 42.6 Å². The molecule has 1 N–H and O–H groups in total. The van der Waals surface area contributed by atoms with Gasteiger partial charge in [0.05, 0.1) is 12.8 Å². The van der Waals surface area contributed by atoms with Crippen LogP contribution >= 0.6 is 0 Å². The monoisotopic (exact) mass is 272 g/mol. The van der Waals surface area contributed by atoms with E-state index in [9.17, 15) is 0 Å². The van der Waals surface area contributed by atoms with Crippen molar-refractivity contribution in [1.29, 1.82) is 0 Å². The minimum Gasteiger partial charge on any atom is -0.493 e. The molecule has 0 fully saturated rings. The summed E-state index contributed by atoms with van der Waals surface area (Å²) >= 11 is 0. The lowest BCUT2D eigenvalue weighted by molar-refractivity contribution is 0.280. The van der Waals surface area contributed by atoms with Gasteiger partial charge >= 0.3 is 0 Å². The molecule has 1 aromatic heterocycles. The third kappa shape index (κ3) is 3.48. The fourth-order valence-corrected chi connectivity index (χ4v) is 1.87. The average molecular weight is 272 g/mol. The van der Waals surface area contributed by atoms with Gasteiger partial charge in [0, 0.05) is 12.2 Å². The number of pyridine rings is 1. The lowest BCUT2D eigenvalue weighted by Gasteiger charge is -2.15. The highest BCUT2D eigenvalue weighted by Crippen LogP contribution is 2.30. The SMILES string of the molecule is CNC(C)c1ccc(OCc2ccccn2)c(OC)c1. The number of hydrogen-bond donors (Lipinski definition) is 1. The normalized spacial score (nSPS) is 11.9. The number of hydrogen-bond acceptors (Lipinski definition) is 4. The second-order valence-corrected chi connectivity index (χ2v) is 4.53. The molecule has 0 bridgehead atoms. The van der Waals surface area contributed by atoms with Gasteiger partial charge in [-0.1, -0.05) is 12.1 Å². The average Bonchev–Trinajstić information content (AvgIpc) is 2.53. The summed E-state index contributed by atoms with van der Waals surface area (Å²) in [6, 6.07) is 12.0. The molecule has 20 heavy (non-hydrogen) atoms. The van der Waals surface area contributed by atoms with E-state index >= 15 is 0 Å². The molecule has 0 amide bonds. The Hall–Kier alpha value is -2.07. The first-order chi connectivity index (χ1) is 9.74. The van der Waals surface area contributed by atoms with Crippen molar-refractivity contribution in [3.8, 4) is 11.5 Å². The molecule has 4 heteroatoms. The number of nitrogens with one attached hydrogen (secondary N) is 1. The van der Waals surface area contributed by atoms with Crippen molar-refractivity contribution in [2.75, 3.05) is 14.2 Å². The van der Waals surface area contributed by atoms with E-state index in [1.165, 1.54) is 0 Å². The highest BCUT2D eigenvalue weighted by atomic mass is 16.5. The van der Waals surface area contributed by atoms with Crippen molar-refractivity contribution in [2.24, 2.45) is 0 Å². The Labute approximate surface area is 119 Å². The fraction of sp³-hybridized carbons (Fsp3) is 0.312. The Kier molecular flexibility index (Phi) is 4.96. The van der Waals surface area contributed by atoms with Gasteiger partial charge in [-0.3, -0.25) is 4.98 Å². The maximum absolute atomic E-state index is 5.77. The molecule has 0 radical (unpaired) electrons. The second kappa shape index (κ2) is 6.91. The van der Waals surface area contributed by atoms with Crippen LogP contribution in [0.4, 0.5) is 0 Å². The zero-order valence-corrected chi connectivity index (χ0v) is 12.1. The first-order valence-corrected chi connectivity index (χ1v) is 6.62. The molecule has 0 saturated carbocycles. The van der Waals surface area contributed by atoms with E-state index in [-0.39, 0.29) is 6.04 Å². The Morgan fingerprint density at radius 3 is 2.70 bits per heavy atom. The van der Waals surface area contributed by atoms with Crippen LogP contribution in [0.1, 0.15) is 24.2 Å². The minimum absolute atomic E-state index is 0.272. The number of ether oxygens (including phenoxy) is 2. The Morgan fingerprint density at radius 1 is 1.20 bits per heavy atom. The lowest BCUT2D eigenvalue weighted by Crippen LogP contribution is -2.12. The largest absolute Gasteiger partial charge is 0.493 e. The van der Waals surface area contributed by atoms with E-state index in [1.807, 2.05) is 43.4 Å². The third-order valence-electron chi connectivity index (χ3n) is 3.22. The summed E-state index contributed by atoms with van der Waals surface area (Å²) in [5.74, 6) is 1.46. The van der Waals surface area contributed by atoms with Crippen LogP contribution in [0, 0.1) is 0 Å². The maximum atomic E-state index is 5.77. The summed E-state index contributed by atoms with van der Waals surface area (Å²) in [7, 11) is 3.58. The Bertz CT molecular complexity index is 543. The van der Waals surface area contributed by atoms with Crippen LogP contribution in [0.25, 0.3) is 0 Å². The summed E-state index contributed by atoms with van der Waals surface area (Å²) < 4.78 is 11.2. The minimum atomic E-state index is 0.272.